The molecule has 2 aromatic carbocycles. The average molecular weight is 523 g/mol. The summed E-state index contributed by atoms with van der Waals surface area (Å²) < 4.78 is 14.6. The molecule has 0 aromatic heterocycles. The molecule has 3 rings (SSSR count). The number of nitrogens with one attached hydrogen (secondary N) is 2. The number of rotatable bonds is 4. The first-order chi connectivity index (χ1) is 16.5. The highest BCUT2D eigenvalue weighted by atomic mass is 19.1. The largest absolute Gasteiger partial charge is 0.508 e. The van der Waals surface area contributed by atoms with Crippen LogP contribution in [-0.2, 0) is 27.2 Å². The zero-order chi connectivity index (χ0) is 25.9. The summed E-state index contributed by atoms with van der Waals surface area (Å²) >= 11 is 0. The lowest BCUT2D eigenvalue weighted by Gasteiger charge is -2.24. The third kappa shape index (κ3) is 7.38. The number of amides is 2. The third-order valence-corrected chi connectivity index (χ3v) is 5.78. The number of phenolic OH excluding ortho intramolecular Hbond substituents is 2. The average Bonchev–Trinajstić information content (AvgIpc) is 2.81. The smallest absolute Gasteiger partial charge is 0.326 e. The number of hydrogen-bond donors (Lipinski definition) is 8. The molecule has 0 aliphatic carbocycles. The van der Waals surface area contributed by atoms with Crippen molar-refractivity contribution in [3.05, 3.63) is 47.3 Å². The Hall–Kier alpha value is -3.74. The maximum Gasteiger partial charge on any atom is 0.326 e. The predicted molar refractivity (Wildman–Crippen MR) is 135 cm³/mol. The number of aliphatic carboxylic acids is 1. The molecular weight excluding hydrogens is 487 g/mol. The van der Waals surface area contributed by atoms with E-state index in [1.54, 1.807) is 0 Å². The highest BCUT2D eigenvalue weighted by Crippen LogP contribution is 2.32. The van der Waals surface area contributed by atoms with Crippen molar-refractivity contribution < 1.29 is 39.2 Å². The maximum atomic E-state index is 14.6. The molecule has 0 saturated heterocycles. The van der Waals surface area contributed by atoms with E-state index in [1.165, 1.54) is 24.3 Å². The summed E-state index contributed by atoms with van der Waals surface area (Å²) in [5.41, 5.74) is 12.3. The lowest BCUT2D eigenvalue weighted by molar-refractivity contribution is -0.142. The molecule has 1 heterocycles. The summed E-state index contributed by atoms with van der Waals surface area (Å²) in [5, 5.41) is 44.7. The molecule has 0 radical (unpaired) electrons. The first-order valence-electron chi connectivity index (χ1n) is 10.8. The van der Waals surface area contributed by atoms with Crippen LogP contribution >= 0.6 is 0 Å². The van der Waals surface area contributed by atoms with E-state index in [4.69, 9.17) is 11.5 Å². The number of phenols is 2. The van der Waals surface area contributed by atoms with Crippen LogP contribution in [0.15, 0.2) is 30.3 Å². The van der Waals surface area contributed by atoms with Gasteiger partial charge in [-0.1, -0.05) is 20.9 Å². The first-order valence-corrected chi connectivity index (χ1v) is 10.8. The van der Waals surface area contributed by atoms with E-state index in [0.717, 1.165) is 6.07 Å². The Bertz CT molecular complexity index is 1140. The van der Waals surface area contributed by atoms with Gasteiger partial charge in [-0.15, -0.1) is 0 Å². The van der Waals surface area contributed by atoms with E-state index in [2.05, 4.69) is 10.6 Å². The number of benzene rings is 2. The molecule has 204 valence electrons. The fourth-order valence-electron chi connectivity index (χ4n) is 3.81. The summed E-state index contributed by atoms with van der Waals surface area (Å²) in [5.74, 6) is -5.15. The second-order valence-electron chi connectivity index (χ2n) is 8.41. The molecule has 10 N–H and O–H groups in total. The molecule has 0 saturated carbocycles. The van der Waals surface area contributed by atoms with Gasteiger partial charge < -0.3 is 42.5 Å². The van der Waals surface area contributed by atoms with Crippen LogP contribution in [0.2, 0.25) is 0 Å². The molecule has 0 spiro atoms. The number of carboxylic acids is 1. The fraction of sp³-hybridized carbons (Fsp3) is 0.400. The van der Waals surface area contributed by atoms with Gasteiger partial charge in [0.1, 0.15) is 17.8 Å². The SMILES string of the molecule is C.C.NC[C@H](O)C[C@@H]1NC(=O)[C@@H](N)Cc2cc(ccc2O)-c2cc(F)c(O)c(c2)C[C@@H](C(=O)O)NC1=O. The van der Waals surface area contributed by atoms with Crippen LogP contribution in [0.1, 0.15) is 32.4 Å². The van der Waals surface area contributed by atoms with Gasteiger partial charge in [0.25, 0.3) is 0 Å². The lowest BCUT2D eigenvalue weighted by atomic mass is 9.95. The number of hydrogen-bond acceptors (Lipinski definition) is 8. The van der Waals surface area contributed by atoms with E-state index in [9.17, 15) is 39.2 Å². The van der Waals surface area contributed by atoms with Crippen LogP contribution in [0, 0.1) is 5.82 Å². The molecule has 4 atom stereocenters. The van der Waals surface area contributed by atoms with E-state index >= 15 is 0 Å². The molecule has 0 fully saturated rings. The highest BCUT2D eigenvalue weighted by molar-refractivity contribution is 5.92. The molecule has 1 aliphatic rings. The van der Waals surface area contributed by atoms with Crippen LogP contribution in [0.4, 0.5) is 4.39 Å². The van der Waals surface area contributed by atoms with E-state index in [0.29, 0.717) is 5.56 Å². The predicted octanol–water partition coefficient (Wildman–Crippen LogP) is 0.366. The summed E-state index contributed by atoms with van der Waals surface area (Å²) in [7, 11) is 0. The molecule has 0 unspecified atom stereocenters. The van der Waals surface area contributed by atoms with E-state index in [-0.39, 0.29) is 56.7 Å². The zero-order valence-corrected chi connectivity index (χ0v) is 18.6. The van der Waals surface area contributed by atoms with Crippen LogP contribution in [0.3, 0.4) is 0 Å². The minimum atomic E-state index is -1.60. The fourth-order valence-corrected chi connectivity index (χ4v) is 3.81. The standard InChI is InChI=1S/C23H27FN4O7.2CH4/c24-15-5-11-4-13(20(15)31)7-18(23(34)35)28-22(33)17(8-14(29)9-25)27-21(32)16(26)6-12-3-10(11)1-2-19(12)30;;/h1-5,14,16-18,29-31H,6-9,25-26H2,(H,27,32)(H,28,33)(H,34,35);2*1H4/t14-,16+,17+,18+;;/m1../s1. The van der Waals surface area contributed by atoms with Crippen molar-refractivity contribution in [2.24, 2.45) is 11.5 Å². The molecular formula is C25H35FN4O7. The Kier molecular flexibility index (Phi) is 11.0. The Morgan fingerprint density at radius 2 is 1.68 bits per heavy atom. The van der Waals surface area contributed by atoms with Crippen molar-refractivity contribution >= 4 is 17.8 Å². The monoisotopic (exact) mass is 522 g/mol. The van der Waals surface area contributed by atoms with Crippen LogP contribution in [-0.4, -0.2) is 69.0 Å². The number of aromatic hydroxyl groups is 2. The second-order valence-corrected chi connectivity index (χ2v) is 8.41. The number of halogens is 1. The second kappa shape index (κ2) is 13.0. The number of carbonyl (C=O) groups excluding carboxylic acids is 2. The van der Waals surface area contributed by atoms with Gasteiger partial charge in [0, 0.05) is 31.4 Å². The van der Waals surface area contributed by atoms with Gasteiger partial charge in [-0.2, -0.15) is 0 Å². The van der Waals surface area contributed by atoms with Crippen LogP contribution < -0.4 is 22.1 Å². The molecule has 1 aliphatic heterocycles. The van der Waals surface area contributed by atoms with Gasteiger partial charge in [-0.05, 0) is 41.0 Å². The Morgan fingerprint density at radius 3 is 2.30 bits per heavy atom. The quantitative estimate of drug-likeness (QED) is 0.278. The molecule has 11 nitrogen and oxygen atoms in total. The van der Waals surface area contributed by atoms with E-state index < -0.39 is 60.0 Å². The first kappa shape index (κ1) is 31.3. The molecule has 12 heteroatoms. The number of aliphatic hydroxyl groups is 1. The summed E-state index contributed by atoms with van der Waals surface area (Å²) in [6, 6.07) is 2.50. The zero-order valence-electron chi connectivity index (χ0n) is 18.6. The molecule has 2 aromatic rings. The number of nitrogens with two attached hydrogens (primary N) is 2. The number of carboxylic acid groups (broad SMARTS) is 1. The Labute approximate surface area is 214 Å². The van der Waals surface area contributed by atoms with Crippen molar-refractivity contribution in [2.75, 3.05) is 6.54 Å². The number of carbonyl (C=O) groups is 3. The Balaban J connectivity index is 0.00000342. The molecule has 2 amide bonds. The Morgan fingerprint density at radius 1 is 1.03 bits per heavy atom. The van der Waals surface area contributed by atoms with Crippen molar-refractivity contribution in [2.45, 2.75) is 58.3 Å². The summed E-state index contributed by atoms with van der Waals surface area (Å²) in [6.07, 6.45) is -2.15. The number of fused-ring (bicyclic) bond motifs is 5. The lowest BCUT2D eigenvalue weighted by Crippen LogP contribution is -2.56. The minimum Gasteiger partial charge on any atom is -0.508 e. The van der Waals surface area contributed by atoms with Gasteiger partial charge in [-0.25, -0.2) is 9.18 Å². The molecule has 37 heavy (non-hydrogen) atoms. The van der Waals surface area contributed by atoms with Gasteiger partial charge in [0.05, 0.1) is 12.1 Å². The van der Waals surface area contributed by atoms with Crippen LogP contribution in [0.25, 0.3) is 11.1 Å². The normalized spacial score (nSPS) is 20.6. The van der Waals surface area contributed by atoms with E-state index in [1.807, 2.05) is 0 Å². The van der Waals surface area contributed by atoms with Crippen molar-refractivity contribution in [3.63, 3.8) is 0 Å². The van der Waals surface area contributed by atoms with Gasteiger partial charge in [0.15, 0.2) is 11.6 Å². The third-order valence-electron chi connectivity index (χ3n) is 5.78. The van der Waals surface area contributed by atoms with Gasteiger partial charge in [-0.3, -0.25) is 9.59 Å². The maximum absolute atomic E-state index is 14.6. The molecule has 4 bridgehead atoms. The number of aliphatic hydroxyl groups excluding tert-OH is 1. The summed E-state index contributed by atoms with van der Waals surface area (Å²) in [6.45, 7) is -0.228. The summed E-state index contributed by atoms with van der Waals surface area (Å²) in [4.78, 5) is 37.5. The topological polar surface area (TPSA) is 208 Å². The minimum absolute atomic E-state index is 0. The van der Waals surface area contributed by atoms with Crippen molar-refractivity contribution in [3.8, 4) is 22.6 Å². The van der Waals surface area contributed by atoms with Gasteiger partial charge >= 0.3 is 5.97 Å². The van der Waals surface area contributed by atoms with Crippen LogP contribution in [0.5, 0.6) is 11.5 Å². The van der Waals surface area contributed by atoms with Crippen molar-refractivity contribution in [1.82, 2.24) is 10.6 Å². The van der Waals surface area contributed by atoms with Gasteiger partial charge in [0.2, 0.25) is 11.8 Å². The van der Waals surface area contributed by atoms with Crippen molar-refractivity contribution in [1.29, 1.82) is 0 Å². The highest BCUT2D eigenvalue weighted by Gasteiger charge is 2.31.